The van der Waals surface area contributed by atoms with E-state index in [1.807, 2.05) is 50.3 Å². The van der Waals surface area contributed by atoms with E-state index in [1.54, 1.807) is 12.1 Å². The lowest BCUT2D eigenvalue weighted by atomic mass is 9.66. The molecule has 2 aromatic rings. The quantitative estimate of drug-likeness (QED) is 0.363. The van der Waals surface area contributed by atoms with E-state index in [9.17, 15) is 24.9 Å². The molecule has 1 aromatic heterocycles. The Bertz CT molecular complexity index is 1160. The molecule has 1 aliphatic carbocycles. The summed E-state index contributed by atoms with van der Waals surface area (Å²) in [6, 6.07) is 13.3. The molecule has 1 saturated heterocycles. The normalized spacial score (nSPS) is 23.6. The molecule has 7 heteroatoms. The number of allylic oxidation sites excluding steroid dienone is 2. The molecule has 0 bridgehead atoms. The summed E-state index contributed by atoms with van der Waals surface area (Å²) >= 11 is 0. The molecule has 1 fully saturated rings. The number of furan rings is 1. The number of hydrogen-bond acceptors (Lipinski definition) is 6. The third-order valence-corrected chi connectivity index (χ3v) is 7.58. The molecule has 0 spiro atoms. The number of benzene rings is 1. The fourth-order valence-corrected chi connectivity index (χ4v) is 5.73. The molecule has 0 saturated carbocycles. The maximum Gasteiger partial charge on any atom is 0.233 e. The van der Waals surface area contributed by atoms with Crippen molar-refractivity contribution in [3.8, 4) is 0 Å². The Morgan fingerprint density at radius 3 is 2.44 bits per heavy atom. The maximum absolute atomic E-state index is 12.9. The van der Waals surface area contributed by atoms with Gasteiger partial charge in [0.15, 0.2) is 0 Å². The second-order valence-electron chi connectivity index (χ2n) is 10.0. The number of aliphatic hydroxyl groups excluding tert-OH is 3. The van der Waals surface area contributed by atoms with Crippen LogP contribution in [0, 0.1) is 23.7 Å². The number of carbonyl (C=O) groups excluding carboxylic acids is 2. The van der Waals surface area contributed by atoms with Crippen LogP contribution in [0.2, 0.25) is 0 Å². The minimum absolute atomic E-state index is 0.0719. The highest BCUT2D eigenvalue weighted by atomic mass is 16.4. The number of likely N-dealkylation sites (tertiary alicyclic amines) is 1. The molecular formula is C29H35NO6. The lowest BCUT2D eigenvalue weighted by Crippen LogP contribution is -2.39. The van der Waals surface area contributed by atoms with Gasteiger partial charge < -0.3 is 19.7 Å². The van der Waals surface area contributed by atoms with Gasteiger partial charge in [-0.25, -0.2) is 0 Å². The summed E-state index contributed by atoms with van der Waals surface area (Å²) in [5.41, 5.74) is 3.62. The summed E-state index contributed by atoms with van der Waals surface area (Å²) in [5.74, 6) is -1.02. The Morgan fingerprint density at radius 2 is 1.83 bits per heavy atom. The number of nitrogens with zero attached hydrogens (tertiary/aromatic N) is 1. The number of imide groups is 1. The SMILES string of the molecule is CC(C)C1=C([C@H](O)CC/C(=C/c2ccc(CO)o2)c2ccccc2)[C@H](CO)[C@@H]2C(=O)N(C)C(=O)[C@@H]2C1. The van der Waals surface area contributed by atoms with E-state index < -0.39 is 23.9 Å². The summed E-state index contributed by atoms with van der Waals surface area (Å²) in [4.78, 5) is 26.8. The third-order valence-electron chi connectivity index (χ3n) is 7.58. The number of aliphatic hydroxyl groups is 3. The van der Waals surface area contributed by atoms with Crippen molar-refractivity contribution >= 4 is 23.5 Å². The van der Waals surface area contributed by atoms with Crippen molar-refractivity contribution in [1.82, 2.24) is 4.90 Å². The second kappa shape index (κ2) is 10.9. The molecule has 192 valence electrons. The van der Waals surface area contributed by atoms with Crippen LogP contribution in [-0.2, 0) is 16.2 Å². The summed E-state index contributed by atoms with van der Waals surface area (Å²) in [6.07, 6.45) is 2.37. The topological polar surface area (TPSA) is 111 Å². The molecular weight excluding hydrogens is 458 g/mol. The first-order chi connectivity index (χ1) is 17.3. The van der Waals surface area contributed by atoms with E-state index >= 15 is 0 Å². The van der Waals surface area contributed by atoms with E-state index in [1.165, 1.54) is 11.9 Å². The minimum atomic E-state index is -0.869. The van der Waals surface area contributed by atoms with Crippen molar-refractivity contribution in [2.75, 3.05) is 13.7 Å². The van der Waals surface area contributed by atoms with Crippen LogP contribution in [0.3, 0.4) is 0 Å². The third kappa shape index (κ3) is 4.96. The molecule has 4 atom stereocenters. The van der Waals surface area contributed by atoms with Gasteiger partial charge in [0, 0.05) is 13.0 Å². The van der Waals surface area contributed by atoms with Crippen LogP contribution in [0.25, 0.3) is 11.6 Å². The van der Waals surface area contributed by atoms with Crippen LogP contribution in [0.15, 0.2) is 58.0 Å². The van der Waals surface area contributed by atoms with Gasteiger partial charge >= 0.3 is 0 Å². The highest BCUT2D eigenvalue weighted by molar-refractivity contribution is 6.05. The van der Waals surface area contributed by atoms with Gasteiger partial charge in [-0.15, -0.1) is 0 Å². The van der Waals surface area contributed by atoms with Gasteiger partial charge in [-0.1, -0.05) is 49.8 Å². The van der Waals surface area contributed by atoms with Gasteiger partial charge in [-0.05, 0) is 60.1 Å². The van der Waals surface area contributed by atoms with E-state index in [0.717, 1.165) is 16.7 Å². The Labute approximate surface area is 211 Å². The second-order valence-corrected chi connectivity index (χ2v) is 10.0. The van der Waals surface area contributed by atoms with Crippen LogP contribution in [0.5, 0.6) is 0 Å². The number of amides is 2. The van der Waals surface area contributed by atoms with E-state index in [-0.39, 0.29) is 30.9 Å². The molecule has 3 N–H and O–H groups in total. The van der Waals surface area contributed by atoms with Crippen LogP contribution >= 0.6 is 0 Å². The number of carbonyl (C=O) groups is 2. The lowest BCUT2D eigenvalue weighted by Gasteiger charge is -2.38. The van der Waals surface area contributed by atoms with Crippen LogP contribution in [-0.4, -0.2) is 51.8 Å². The van der Waals surface area contributed by atoms with Crippen molar-refractivity contribution in [2.45, 2.75) is 45.8 Å². The molecule has 2 amide bonds. The molecule has 7 nitrogen and oxygen atoms in total. The number of rotatable bonds is 9. The Kier molecular flexibility index (Phi) is 7.93. The van der Waals surface area contributed by atoms with Gasteiger partial charge in [0.2, 0.25) is 11.8 Å². The fourth-order valence-electron chi connectivity index (χ4n) is 5.73. The van der Waals surface area contributed by atoms with Crippen LogP contribution in [0.1, 0.15) is 50.2 Å². The zero-order chi connectivity index (χ0) is 26.0. The summed E-state index contributed by atoms with van der Waals surface area (Å²) < 4.78 is 5.66. The molecule has 4 rings (SSSR count). The largest absolute Gasteiger partial charge is 0.459 e. The predicted molar refractivity (Wildman–Crippen MR) is 136 cm³/mol. The summed E-state index contributed by atoms with van der Waals surface area (Å²) in [7, 11) is 1.50. The van der Waals surface area contributed by atoms with Gasteiger partial charge in [0.25, 0.3) is 0 Å². The first-order valence-corrected chi connectivity index (χ1v) is 12.6. The van der Waals surface area contributed by atoms with E-state index in [4.69, 9.17) is 4.42 Å². The smallest absolute Gasteiger partial charge is 0.233 e. The van der Waals surface area contributed by atoms with Crippen LogP contribution in [0.4, 0.5) is 0 Å². The maximum atomic E-state index is 12.9. The highest BCUT2D eigenvalue weighted by Crippen LogP contribution is 2.47. The average Bonchev–Trinajstić information content (AvgIpc) is 3.43. The molecule has 2 aliphatic rings. The minimum Gasteiger partial charge on any atom is -0.459 e. The molecule has 0 radical (unpaired) electrons. The number of fused-ring (bicyclic) bond motifs is 1. The molecule has 1 aliphatic heterocycles. The van der Waals surface area contributed by atoms with Gasteiger partial charge in [0.1, 0.15) is 18.1 Å². The lowest BCUT2D eigenvalue weighted by molar-refractivity contribution is -0.138. The van der Waals surface area contributed by atoms with Crippen molar-refractivity contribution in [1.29, 1.82) is 0 Å². The van der Waals surface area contributed by atoms with E-state index in [0.29, 0.717) is 36.4 Å². The molecule has 0 unspecified atom stereocenters. The van der Waals surface area contributed by atoms with E-state index in [2.05, 4.69) is 0 Å². The molecule has 1 aromatic carbocycles. The number of hydrogen-bond donors (Lipinski definition) is 3. The zero-order valence-electron chi connectivity index (χ0n) is 21.1. The summed E-state index contributed by atoms with van der Waals surface area (Å²) in [6.45, 7) is 3.56. The predicted octanol–water partition coefficient (Wildman–Crippen LogP) is 3.65. The van der Waals surface area contributed by atoms with Crippen molar-refractivity contribution < 1.29 is 29.3 Å². The van der Waals surface area contributed by atoms with Crippen LogP contribution < -0.4 is 0 Å². The Balaban J connectivity index is 1.64. The fraction of sp³-hybridized carbons (Fsp3) is 0.448. The molecule has 2 heterocycles. The first kappa shape index (κ1) is 26.1. The zero-order valence-corrected chi connectivity index (χ0v) is 21.1. The van der Waals surface area contributed by atoms with Crippen molar-refractivity contribution in [3.05, 3.63) is 70.7 Å². The van der Waals surface area contributed by atoms with Gasteiger partial charge in [-0.3, -0.25) is 14.5 Å². The summed E-state index contributed by atoms with van der Waals surface area (Å²) in [5, 5.41) is 31.2. The Morgan fingerprint density at radius 1 is 1.11 bits per heavy atom. The Hall–Kier alpha value is -3.00. The highest BCUT2D eigenvalue weighted by Gasteiger charge is 2.53. The average molecular weight is 494 g/mol. The first-order valence-electron chi connectivity index (χ1n) is 12.6. The van der Waals surface area contributed by atoms with Crippen molar-refractivity contribution in [2.24, 2.45) is 23.7 Å². The van der Waals surface area contributed by atoms with Gasteiger partial charge in [-0.2, -0.15) is 0 Å². The molecule has 36 heavy (non-hydrogen) atoms. The standard InChI is InChI=1S/C29H35NO6/c1-17(2)22-14-23-27(29(35)30(3)28(23)34)24(16-32)26(22)25(33)12-9-19(18-7-5-4-6-8-18)13-20-10-11-21(15-31)36-20/h4-8,10-11,13,17,23-25,27,31-33H,9,12,14-16H2,1-3H3/b19-13-/t23-,24+,25-,27-/m1/s1. The van der Waals surface area contributed by atoms with Gasteiger partial charge in [0.05, 0.1) is 24.5 Å². The van der Waals surface area contributed by atoms with Crippen molar-refractivity contribution in [3.63, 3.8) is 0 Å². The monoisotopic (exact) mass is 493 g/mol.